The van der Waals surface area contributed by atoms with Crippen LogP contribution in [0.15, 0.2) is 0 Å². The molecule has 1 aliphatic heterocycles. The SMILES string of the molecule is CCC(C)(CCO)NCC1CCOCO1. The highest BCUT2D eigenvalue weighted by molar-refractivity contribution is 4.82. The van der Waals surface area contributed by atoms with Crippen LogP contribution in [0, 0.1) is 0 Å². The third-order valence-corrected chi connectivity index (χ3v) is 3.17. The van der Waals surface area contributed by atoms with Gasteiger partial charge in [-0.3, -0.25) is 0 Å². The Morgan fingerprint density at radius 1 is 1.53 bits per heavy atom. The summed E-state index contributed by atoms with van der Waals surface area (Å²) in [6.07, 6.45) is 3.00. The summed E-state index contributed by atoms with van der Waals surface area (Å²) in [5.41, 5.74) is 0.0242. The van der Waals surface area contributed by atoms with Gasteiger partial charge < -0.3 is 19.9 Å². The molecule has 1 fully saturated rings. The van der Waals surface area contributed by atoms with E-state index >= 15 is 0 Å². The van der Waals surface area contributed by atoms with Crippen LogP contribution < -0.4 is 5.32 Å². The van der Waals surface area contributed by atoms with E-state index in [1.807, 2.05) is 0 Å². The van der Waals surface area contributed by atoms with Crippen LogP contribution >= 0.6 is 0 Å². The van der Waals surface area contributed by atoms with Crippen LogP contribution in [0.1, 0.15) is 33.1 Å². The topological polar surface area (TPSA) is 50.7 Å². The minimum absolute atomic E-state index is 0.0242. The molecule has 15 heavy (non-hydrogen) atoms. The van der Waals surface area contributed by atoms with E-state index in [2.05, 4.69) is 19.2 Å². The molecule has 0 amide bonds. The van der Waals surface area contributed by atoms with Gasteiger partial charge >= 0.3 is 0 Å². The molecule has 90 valence electrons. The Hall–Kier alpha value is -0.160. The van der Waals surface area contributed by atoms with Crippen molar-refractivity contribution in [2.75, 3.05) is 26.6 Å². The standard InChI is InChI=1S/C11H23NO3/c1-3-11(2,5-6-13)12-8-10-4-7-14-9-15-10/h10,12-13H,3-9H2,1-2H3. The van der Waals surface area contributed by atoms with E-state index in [9.17, 15) is 0 Å². The van der Waals surface area contributed by atoms with Crippen molar-refractivity contribution in [2.45, 2.75) is 44.8 Å². The van der Waals surface area contributed by atoms with Crippen molar-refractivity contribution in [3.8, 4) is 0 Å². The fourth-order valence-corrected chi connectivity index (χ4v) is 1.66. The summed E-state index contributed by atoms with van der Waals surface area (Å²) < 4.78 is 10.6. The number of nitrogens with one attached hydrogen (secondary N) is 1. The number of ether oxygens (including phenoxy) is 2. The summed E-state index contributed by atoms with van der Waals surface area (Å²) >= 11 is 0. The van der Waals surface area contributed by atoms with E-state index in [-0.39, 0.29) is 18.2 Å². The Morgan fingerprint density at radius 3 is 2.87 bits per heavy atom. The lowest BCUT2D eigenvalue weighted by Gasteiger charge is -2.32. The van der Waals surface area contributed by atoms with Gasteiger partial charge in [-0.1, -0.05) is 6.92 Å². The first-order valence-corrected chi connectivity index (χ1v) is 5.75. The van der Waals surface area contributed by atoms with Gasteiger partial charge in [-0.25, -0.2) is 0 Å². The van der Waals surface area contributed by atoms with Crippen LogP contribution in [-0.2, 0) is 9.47 Å². The first-order valence-electron chi connectivity index (χ1n) is 5.75. The Bertz CT molecular complexity index is 171. The van der Waals surface area contributed by atoms with E-state index in [0.29, 0.717) is 6.79 Å². The van der Waals surface area contributed by atoms with E-state index in [4.69, 9.17) is 14.6 Å². The molecule has 2 atom stereocenters. The molecule has 0 aromatic carbocycles. The Morgan fingerprint density at radius 2 is 2.33 bits per heavy atom. The second-order valence-electron chi connectivity index (χ2n) is 4.37. The zero-order valence-electron chi connectivity index (χ0n) is 9.79. The second kappa shape index (κ2) is 6.43. The molecule has 0 aromatic rings. The van der Waals surface area contributed by atoms with Crippen molar-refractivity contribution >= 4 is 0 Å². The average molecular weight is 217 g/mol. The molecule has 4 heteroatoms. The monoisotopic (exact) mass is 217 g/mol. The molecule has 1 aliphatic rings. The van der Waals surface area contributed by atoms with Gasteiger partial charge in [0, 0.05) is 18.7 Å². The lowest BCUT2D eigenvalue weighted by Crippen LogP contribution is -2.47. The molecule has 0 aromatic heterocycles. The maximum Gasteiger partial charge on any atom is 0.147 e. The first-order chi connectivity index (χ1) is 7.20. The van der Waals surface area contributed by atoms with Gasteiger partial charge in [0.05, 0.1) is 12.7 Å². The number of hydrogen-bond acceptors (Lipinski definition) is 4. The van der Waals surface area contributed by atoms with Crippen LogP contribution in [0.4, 0.5) is 0 Å². The van der Waals surface area contributed by atoms with Gasteiger partial charge in [0.15, 0.2) is 0 Å². The van der Waals surface area contributed by atoms with Crippen molar-refractivity contribution in [2.24, 2.45) is 0 Å². The van der Waals surface area contributed by atoms with Crippen molar-refractivity contribution in [3.05, 3.63) is 0 Å². The third kappa shape index (κ3) is 4.47. The summed E-state index contributed by atoms with van der Waals surface area (Å²) in [5.74, 6) is 0. The highest BCUT2D eigenvalue weighted by atomic mass is 16.7. The van der Waals surface area contributed by atoms with Crippen LogP contribution in [-0.4, -0.2) is 43.3 Å². The molecule has 0 aliphatic carbocycles. The predicted octanol–water partition coefficient (Wildman–Crippen LogP) is 0.890. The van der Waals surface area contributed by atoms with Crippen molar-refractivity contribution < 1.29 is 14.6 Å². The van der Waals surface area contributed by atoms with Crippen LogP contribution in [0.5, 0.6) is 0 Å². The Kier molecular flexibility index (Phi) is 5.53. The zero-order chi connectivity index (χ0) is 11.1. The fourth-order valence-electron chi connectivity index (χ4n) is 1.66. The highest BCUT2D eigenvalue weighted by Gasteiger charge is 2.23. The molecule has 2 N–H and O–H groups in total. The lowest BCUT2D eigenvalue weighted by molar-refractivity contribution is -0.138. The van der Waals surface area contributed by atoms with E-state index in [1.165, 1.54) is 0 Å². The lowest BCUT2D eigenvalue weighted by atomic mass is 9.94. The van der Waals surface area contributed by atoms with Gasteiger partial charge in [0.1, 0.15) is 6.79 Å². The zero-order valence-corrected chi connectivity index (χ0v) is 9.79. The van der Waals surface area contributed by atoms with E-state index in [1.54, 1.807) is 0 Å². The normalized spacial score (nSPS) is 26.2. The molecular weight excluding hydrogens is 194 g/mol. The van der Waals surface area contributed by atoms with Gasteiger partial charge in [-0.15, -0.1) is 0 Å². The van der Waals surface area contributed by atoms with Crippen LogP contribution in [0.3, 0.4) is 0 Å². The largest absolute Gasteiger partial charge is 0.396 e. The molecule has 2 unspecified atom stereocenters. The summed E-state index contributed by atoms with van der Waals surface area (Å²) in [4.78, 5) is 0. The van der Waals surface area contributed by atoms with Gasteiger partial charge in [0.25, 0.3) is 0 Å². The van der Waals surface area contributed by atoms with Gasteiger partial charge in [-0.2, -0.15) is 0 Å². The first kappa shape index (κ1) is 12.9. The van der Waals surface area contributed by atoms with E-state index in [0.717, 1.165) is 32.4 Å². The molecule has 1 saturated heterocycles. The fraction of sp³-hybridized carbons (Fsp3) is 1.00. The summed E-state index contributed by atoms with van der Waals surface area (Å²) in [5, 5.41) is 12.5. The minimum atomic E-state index is 0.0242. The number of aliphatic hydroxyl groups is 1. The van der Waals surface area contributed by atoms with Crippen molar-refractivity contribution in [1.29, 1.82) is 0 Å². The maximum atomic E-state index is 8.98. The smallest absolute Gasteiger partial charge is 0.147 e. The number of aliphatic hydroxyl groups excluding tert-OH is 1. The van der Waals surface area contributed by atoms with Gasteiger partial charge in [-0.05, 0) is 26.2 Å². The predicted molar refractivity (Wildman–Crippen MR) is 58.7 cm³/mol. The molecule has 1 rings (SSSR count). The van der Waals surface area contributed by atoms with Crippen molar-refractivity contribution in [3.63, 3.8) is 0 Å². The second-order valence-corrected chi connectivity index (χ2v) is 4.37. The minimum Gasteiger partial charge on any atom is -0.396 e. The summed E-state index contributed by atoms with van der Waals surface area (Å²) in [6.45, 7) is 6.54. The van der Waals surface area contributed by atoms with Crippen LogP contribution in [0.25, 0.3) is 0 Å². The number of rotatable bonds is 6. The molecule has 0 bridgehead atoms. The molecule has 4 nitrogen and oxygen atoms in total. The maximum absolute atomic E-state index is 8.98. The Labute approximate surface area is 92.0 Å². The Balaban J connectivity index is 2.25. The summed E-state index contributed by atoms with van der Waals surface area (Å²) in [7, 11) is 0. The van der Waals surface area contributed by atoms with Gasteiger partial charge in [0.2, 0.25) is 0 Å². The van der Waals surface area contributed by atoms with Crippen molar-refractivity contribution in [1.82, 2.24) is 5.32 Å². The quantitative estimate of drug-likeness (QED) is 0.694. The molecular formula is C11H23NO3. The number of hydrogen-bond donors (Lipinski definition) is 2. The summed E-state index contributed by atoms with van der Waals surface area (Å²) in [6, 6.07) is 0. The molecule has 1 heterocycles. The van der Waals surface area contributed by atoms with E-state index < -0.39 is 0 Å². The molecule has 0 saturated carbocycles. The average Bonchev–Trinajstić information content (AvgIpc) is 2.28. The highest BCUT2D eigenvalue weighted by Crippen LogP contribution is 2.15. The third-order valence-electron chi connectivity index (χ3n) is 3.17. The molecule has 0 radical (unpaired) electrons. The molecule has 0 spiro atoms. The van der Waals surface area contributed by atoms with Crippen LogP contribution in [0.2, 0.25) is 0 Å².